The van der Waals surface area contributed by atoms with Crippen LogP contribution in [-0.4, -0.2) is 4.57 Å². The van der Waals surface area contributed by atoms with Gasteiger partial charge in [-0.15, -0.1) is 0 Å². The number of fused-ring (bicyclic) bond motifs is 6. The van der Waals surface area contributed by atoms with Crippen molar-refractivity contribution >= 4 is 60.8 Å². The van der Waals surface area contributed by atoms with Crippen LogP contribution < -0.4 is 4.90 Å². The predicted octanol–water partition coefficient (Wildman–Crippen LogP) is 18.5. The summed E-state index contributed by atoms with van der Waals surface area (Å²) in [6.45, 7) is 0. The first-order valence-electron chi connectivity index (χ1n) is 23.6. The number of anilines is 3. The van der Waals surface area contributed by atoms with E-state index in [0.717, 1.165) is 72.5 Å². The fourth-order valence-electron chi connectivity index (χ4n) is 10.2. The number of furan rings is 1. The minimum Gasteiger partial charge on any atom is -0.456 e. The third-order valence-electron chi connectivity index (χ3n) is 13.6. The highest BCUT2D eigenvalue weighted by molar-refractivity contribution is 6.09. The lowest BCUT2D eigenvalue weighted by Gasteiger charge is -2.26. The minimum absolute atomic E-state index is 0.907. The van der Waals surface area contributed by atoms with Crippen LogP contribution in [0.2, 0.25) is 0 Å². The van der Waals surface area contributed by atoms with Gasteiger partial charge in [-0.25, -0.2) is 0 Å². The Labute approximate surface area is 401 Å². The van der Waals surface area contributed by atoms with E-state index in [4.69, 9.17) is 4.42 Å². The Hall–Kier alpha value is -9.18. The molecule has 0 saturated heterocycles. The summed E-state index contributed by atoms with van der Waals surface area (Å²) in [6.07, 6.45) is 0. The molecule has 13 aromatic rings. The Morgan fingerprint density at radius 1 is 0.246 bits per heavy atom. The van der Waals surface area contributed by atoms with Gasteiger partial charge in [0.05, 0.1) is 11.0 Å². The fourth-order valence-corrected chi connectivity index (χ4v) is 10.2. The van der Waals surface area contributed by atoms with Crippen LogP contribution in [-0.2, 0) is 0 Å². The molecule has 0 aliphatic heterocycles. The number of para-hydroxylation sites is 3. The first-order valence-corrected chi connectivity index (χ1v) is 23.6. The van der Waals surface area contributed by atoms with E-state index in [-0.39, 0.29) is 0 Å². The standard InChI is InChI=1S/C66H44N2O/c1-2-12-45(13-3-1)51-14-10-15-52(42-51)49-30-37-56(38-31-49)67(55-35-28-47(29-36-55)46-24-26-48(27-25-46)54-34-41-62-61-20-6-9-23-65(61)69-66(62)44-54)57-39-32-50(33-40-57)53-16-11-17-58(43-53)68-63-21-7-4-18-59(63)60-19-5-8-22-64(60)68/h1-44H. The van der Waals surface area contributed by atoms with Crippen LogP contribution in [0.15, 0.2) is 271 Å². The van der Waals surface area contributed by atoms with E-state index in [0.29, 0.717) is 0 Å². The first kappa shape index (κ1) is 40.1. The Kier molecular flexibility index (Phi) is 9.84. The molecule has 0 radical (unpaired) electrons. The van der Waals surface area contributed by atoms with Gasteiger partial charge in [0.25, 0.3) is 0 Å². The Morgan fingerprint density at radius 2 is 0.623 bits per heavy atom. The third-order valence-corrected chi connectivity index (χ3v) is 13.6. The van der Waals surface area contributed by atoms with E-state index in [1.165, 1.54) is 49.6 Å². The molecular weight excluding hydrogens is 837 g/mol. The van der Waals surface area contributed by atoms with Gasteiger partial charge in [-0.2, -0.15) is 0 Å². The van der Waals surface area contributed by atoms with Crippen molar-refractivity contribution in [3.63, 3.8) is 0 Å². The molecule has 0 aliphatic carbocycles. The molecule has 0 unspecified atom stereocenters. The van der Waals surface area contributed by atoms with E-state index in [1.54, 1.807) is 0 Å². The zero-order valence-electron chi connectivity index (χ0n) is 37.7. The van der Waals surface area contributed by atoms with E-state index < -0.39 is 0 Å². The second-order valence-corrected chi connectivity index (χ2v) is 17.7. The average Bonchev–Trinajstić information content (AvgIpc) is 3.97. The molecule has 0 amide bonds. The van der Waals surface area contributed by atoms with Crippen molar-refractivity contribution in [2.24, 2.45) is 0 Å². The quantitative estimate of drug-likeness (QED) is 0.144. The van der Waals surface area contributed by atoms with Crippen molar-refractivity contribution in [3.8, 4) is 61.3 Å². The van der Waals surface area contributed by atoms with Crippen LogP contribution in [0.1, 0.15) is 0 Å². The minimum atomic E-state index is 0.907. The first-order chi connectivity index (χ1) is 34.2. The summed E-state index contributed by atoms with van der Waals surface area (Å²) in [5.41, 5.74) is 20.3. The smallest absolute Gasteiger partial charge is 0.136 e. The maximum Gasteiger partial charge on any atom is 0.136 e. The molecule has 2 aromatic heterocycles. The lowest BCUT2D eigenvalue weighted by atomic mass is 9.98. The number of benzene rings is 11. The van der Waals surface area contributed by atoms with Gasteiger partial charge in [0.1, 0.15) is 11.2 Å². The highest BCUT2D eigenvalue weighted by Gasteiger charge is 2.16. The molecule has 0 atom stereocenters. The second kappa shape index (κ2) is 16.9. The Balaban J connectivity index is 0.830. The van der Waals surface area contributed by atoms with Gasteiger partial charge in [-0.1, -0.05) is 182 Å². The van der Waals surface area contributed by atoms with Crippen molar-refractivity contribution in [2.45, 2.75) is 0 Å². The van der Waals surface area contributed by atoms with Crippen LogP contribution in [0.25, 0.3) is 105 Å². The van der Waals surface area contributed by atoms with Crippen LogP contribution in [0.3, 0.4) is 0 Å². The van der Waals surface area contributed by atoms with Crippen molar-refractivity contribution in [1.29, 1.82) is 0 Å². The molecule has 0 N–H and O–H groups in total. The molecule has 324 valence electrons. The molecule has 69 heavy (non-hydrogen) atoms. The zero-order valence-corrected chi connectivity index (χ0v) is 37.7. The normalized spacial score (nSPS) is 11.5. The molecule has 0 aliphatic rings. The Morgan fingerprint density at radius 3 is 1.19 bits per heavy atom. The van der Waals surface area contributed by atoms with E-state index >= 15 is 0 Å². The number of rotatable bonds is 9. The van der Waals surface area contributed by atoms with Crippen LogP contribution in [0.5, 0.6) is 0 Å². The average molecular weight is 881 g/mol. The molecule has 11 aromatic carbocycles. The van der Waals surface area contributed by atoms with Gasteiger partial charge in [-0.05, 0) is 141 Å². The monoisotopic (exact) mass is 880 g/mol. The lowest BCUT2D eigenvalue weighted by Crippen LogP contribution is -2.09. The molecule has 3 nitrogen and oxygen atoms in total. The van der Waals surface area contributed by atoms with Crippen LogP contribution in [0, 0.1) is 0 Å². The van der Waals surface area contributed by atoms with E-state index in [1.807, 2.05) is 12.1 Å². The lowest BCUT2D eigenvalue weighted by molar-refractivity contribution is 0.669. The molecule has 3 heteroatoms. The zero-order chi connectivity index (χ0) is 45.7. The van der Waals surface area contributed by atoms with Gasteiger partial charge in [0.2, 0.25) is 0 Å². The maximum absolute atomic E-state index is 6.21. The second-order valence-electron chi connectivity index (χ2n) is 17.7. The van der Waals surface area contributed by atoms with Crippen LogP contribution in [0.4, 0.5) is 17.1 Å². The third kappa shape index (κ3) is 7.34. The number of hydrogen-bond acceptors (Lipinski definition) is 2. The molecule has 0 spiro atoms. The molecule has 0 bridgehead atoms. The summed E-state index contributed by atoms with van der Waals surface area (Å²) < 4.78 is 8.59. The van der Waals surface area contributed by atoms with Gasteiger partial charge >= 0.3 is 0 Å². The highest BCUT2D eigenvalue weighted by atomic mass is 16.3. The van der Waals surface area contributed by atoms with Crippen molar-refractivity contribution < 1.29 is 4.42 Å². The summed E-state index contributed by atoms with van der Waals surface area (Å²) in [4.78, 5) is 2.35. The number of nitrogens with zero attached hydrogens (tertiary/aromatic N) is 2. The van der Waals surface area contributed by atoms with Crippen molar-refractivity contribution in [2.75, 3.05) is 4.90 Å². The largest absolute Gasteiger partial charge is 0.456 e. The van der Waals surface area contributed by atoms with Gasteiger partial charge in [0.15, 0.2) is 0 Å². The van der Waals surface area contributed by atoms with E-state index in [2.05, 4.69) is 264 Å². The summed E-state index contributed by atoms with van der Waals surface area (Å²) in [7, 11) is 0. The topological polar surface area (TPSA) is 21.3 Å². The predicted molar refractivity (Wildman–Crippen MR) is 290 cm³/mol. The molecular formula is C66H44N2O. The number of hydrogen-bond donors (Lipinski definition) is 0. The van der Waals surface area contributed by atoms with E-state index in [9.17, 15) is 0 Å². The highest BCUT2D eigenvalue weighted by Crippen LogP contribution is 2.40. The molecule has 0 fully saturated rings. The van der Waals surface area contributed by atoms with Gasteiger partial charge < -0.3 is 13.9 Å². The summed E-state index contributed by atoms with van der Waals surface area (Å²) in [6, 6.07) is 96.1. The van der Waals surface area contributed by atoms with Gasteiger partial charge in [0, 0.05) is 44.3 Å². The van der Waals surface area contributed by atoms with Gasteiger partial charge in [-0.3, -0.25) is 0 Å². The maximum atomic E-state index is 6.21. The molecule has 0 saturated carbocycles. The summed E-state index contributed by atoms with van der Waals surface area (Å²) in [5.74, 6) is 0. The SMILES string of the molecule is c1ccc(-c2cccc(-c3ccc(N(c4ccc(-c5ccc(-c6ccc7c(c6)oc6ccccc67)cc5)cc4)c4ccc(-c5cccc(-n6c7ccccc7c7ccccc76)c5)cc4)cc3)c2)cc1. The Bertz CT molecular complexity index is 3920. The fraction of sp³-hybridized carbons (Fsp3) is 0. The van der Waals surface area contributed by atoms with Crippen molar-refractivity contribution in [3.05, 3.63) is 267 Å². The molecule has 2 heterocycles. The number of aromatic nitrogens is 1. The summed E-state index contributed by atoms with van der Waals surface area (Å²) in [5, 5.41) is 4.81. The summed E-state index contributed by atoms with van der Waals surface area (Å²) >= 11 is 0. The van der Waals surface area contributed by atoms with Crippen LogP contribution >= 0.6 is 0 Å². The molecule has 13 rings (SSSR count). The van der Waals surface area contributed by atoms with Crippen molar-refractivity contribution in [1.82, 2.24) is 4.57 Å².